The van der Waals surface area contributed by atoms with Crippen molar-refractivity contribution >= 4 is 0 Å². The summed E-state index contributed by atoms with van der Waals surface area (Å²) in [6.45, 7) is 0. The molecule has 0 aliphatic carbocycles. The molecule has 0 atom stereocenters. The summed E-state index contributed by atoms with van der Waals surface area (Å²) in [6, 6.07) is 3.68. The van der Waals surface area contributed by atoms with Gasteiger partial charge in [-0.2, -0.15) is 26.3 Å². The molecule has 0 N–H and O–H groups in total. The topological polar surface area (TPSA) is 0 Å². The fourth-order valence-corrected chi connectivity index (χ4v) is 1.17. The Balaban J connectivity index is 3.08. The van der Waals surface area contributed by atoms with Gasteiger partial charge in [-0.25, -0.2) is 0 Å². The SMILES string of the molecule is FC(F)(F)Cc1ccccc1C(F)(F)F. The summed E-state index contributed by atoms with van der Waals surface area (Å²) >= 11 is 0. The molecule has 1 rings (SSSR count). The van der Waals surface area contributed by atoms with E-state index >= 15 is 0 Å². The lowest BCUT2D eigenvalue weighted by molar-refractivity contribution is -0.143. The largest absolute Gasteiger partial charge is 0.416 e. The molecular weight excluding hydrogens is 222 g/mol. The lowest BCUT2D eigenvalue weighted by atomic mass is 10.0. The monoisotopic (exact) mass is 228 g/mol. The van der Waals surface area contributed by atoms with Crippen LogP contribution in [0.4, 0.5) is 26.3 Å². The van der Waals surface area contributed by atoms with Crippen LogP contribution in [-0.2, 0) is 12.6 Å². The molecule has 0 saturated heterocycles. The zero-order valence-corrected chi connectivity index (χ0v) is 7.28. The first-order valence-corrected chi connectivity index (χ1v) is 3.92. The summed E-state index contributed by atoms with van der Waals surface area (Å²) in [5.74, 6) is 0. The summed E-state index contributed by atoms with van der Waals surface area (Å²) in [5, 5.41) is 0. The van der Waals surface area contributed by atoms with E-state index in [1.165, 1.54) is 0 Å². The van der Waals surface area contributed by atoms with Crippen molar-refractivity contribution in [2.24, 2.45) is 0 Å². The van der Waals surface area contributed by atoms with Crippen LogP contribution in [0.5, 0.6) is 0 Å². The molecule has 84 valence electrons. The van der Waals surface area contributed by atoms with Gasteiger partial charge in [-0.15, -0.1) is 0 Å². The Morgan fingerprint density at radius 2 is 1.40 bits per heavy atom. The van der Waals surface area contributed by atoms with Gasteiger partial charge in [0.2, 0.25) is 0 Å². The second-order valence-electron chi connectivity index (χ2n) is 2.95. The third-order valence-corrected chi connectivity index (χ3v) is 1.71. The molecule has 0 fully saturated rings. The maximum atomic E-state index is 12.3. The van der Waals surface area contributed by atoms with Crippen molar-refractivity contribution in [1.82, 2.24) is 0 Å². The fraction of sp³-hybridized carbons (Fsp3) is 0.333. The third kappa shape index (κ3) is 3.45. The highest BCUT2D eigenvalue weighted by molar-refractivity contribution is 5.30. The van der Waals surface area contributed by atoms with E-state index in [2.05, 4.69) is 0 Å². The molecule has 0 amide bonds. The molecule has 0 aromatic heterocycles. The van der Waals surface area contributed by atoms with Crippen LogP contribution < -0.4 is 0 Å². The van der Waals surface area contributed by atoms with Gasteiger partial charge in [-0.1, -0.05) is 18.2 Å². The van der Waals surface area contributed by atoms with Crippen molar-refractivity contribution in [3.63, 3.8) is 0 Å². The van der Waals surface area contributed by atoms with Crippen molar-refractivity contribution in [2.45, 2.75) is 18.8 Å². The Kier molecular flexibility index (Phi) is 2.97. The Labute approximate surface area is 81.5 Å². The van der Waals surface area contributed by atoms with E-state index in [1.54, 1.807) is 0 Å². The number of rotatable bonds is 1. The van der Waals surface area contributed by atoms with Gasteiger partial charge in [0.25, 0.3) is 0 Å². The molecule has 0 saturated carbocycles. The second-order valence-corrected chi connectivity index (χ2v) is 2.95. The molecule has 0 unspecified atom stereocenters. The molecule has 15 heavy (non-hydrogen) atoms. The van der Waals surface area contributed by atoms with Crippen molar-refractivity contribution in [1.29, 1.82) is 0 Å². The summed E-state index contributed by atoms with van der Waals surface area (Å²) in [6.07, 6.45) is -11.0. The molecule has 0 aliphatic rings. The Morgan fingerprint density at radius 1 is 0.867 bits per heavy atom. The molecule has 0 heterocycles. The van der Waals surface area contributed by atoms with Gasteiger partial charge in [0.05, 0.1) is 12.0 Å². The highest BCUT2D eigenvalue weighted by atomic mass is 19.4. The van der Waals surface area contributed by atoms with Gasteiger partial charge in [0, 0.05) is 0 Å². The van der Waals surface area contributed by atoms with E-state index in [9.17, 15) is 26.3 Å². The molecule has 1 aromatic rings. The number of hydrogen-bond acceptors (Lipinski definition) is 0. The molecule has 0 nitrogen and oxygen atoms in total. The van der Waals surface area contributed by atoms with E-state index in [0.717, 1.165) is 18.2 Å². The quantitative estimate of drug-likeness (QED) is 0.641. The van der Waals surface area contributed by atoms with Gasteiger partial charge in [-0.05, 0) is 11.6 Å². The maximum Gasteiger partial charge on any atom is 0.416 e. The Bertz CT molecular complexity index is 335. The summed E-state index contributed by atoms with van der Waals surface area (Å²) in [4.78, 5) is 0. The summed E-state index contributed by atoms with van der Waals surface area (Å²) in [7, 11) is 0. The van der Waals surface area contributed by atoms with Crippen molar-refractivity contribution in [3.8, 4) is 0 Å². The zero-order valence-electron chi connectivity index (χ0n) is 7.28. The lowest BCUT2D eigenvalue weighted by Crippen LogP contribution is -2.16. The first-order chi connectivity index (χ1) is 6.70. The van der Waals surface area contributed by atoms with Gasteiger partial charge in [-0.3, -0.25) is 0 Å². The van der Waals surface area contributed by atoms with E-state index in [0.29, 0.717) is 6.07 Å². The second kappa shape index (κ2) is 3.75. The van der Waals surface area contributed by atoms with Crippen LogP contribution in [0.2, 0.25) is 0 Å². The smallest absolute Gasteiger partial charge is 0.171 e. The molecule has 1 aromatic carbocycles. The van der Waals surface area contributed by atoms with Crippen molar-refractivity contribution < 1.29 is 26.3 Å². The number of halogens is 6. The van der Waals surface area contributed by atoms with Crippen LogP contribution in [0.15, 0.2) is 24.3 Å². The highest BCUT2D eigenvalue weighted by Gasteiger charge is 2.37. The highest BCUT2D eigenvalue weighted by Crippen LogP contribution is 2.34. The predicted molar refractivity (Wildman–Crippen MR) is 41.2 cm³/mol. The van der Waals surface area contributed by atoms with Crippen LogP contribution in [0.1, 0.15) is 11.1 Å². The van der Waals surface area contributed by atoms with Gasteiger partial charge in [0.15, 0.2) is 0 Å². The van der Waals surface area contributed by atoms with Crippen LogP contribution in [0.25, 0.3) is 0 Å². The van der Waals surface area contributed by atoms with Crippen LogP contribution >= 0.6 is 0 Å². The molecule has 0 bridgehead atoms. The molecular formula is C9H6F6. The normalized spacial score (nSPS) is 12.9. The first kappa shape index (κ1) is 11.9. The Hall–Kier alpha value is -1.20. The van der Waals surface area contributed by atoms with Crippen LogP contribution in [0, 0.1) is 0 Å². The maximum absolute atomic E-state index is 12.3. The number of benzene rings is 1. The minimum Gasteiger partial charge on any atom is -0.171 e. The standard InChI is InChI=1S/C9H6F6/c10-8(11,12)5-6-3-1-2-4-7(6)9(13,14)15/h1-4H,5H2. The third-order valence-electron chi connectivity index (χ3n) is 1.71. The number of hydrogen-bond donors (Lipinski definition) is 0. The minimum atomic E-state index is -4.75. The molecule has 0 spiro atoms. The van der Waals surface area contributed by atoms with Crippen molar-refractivity contribution in [2.75, 3.05) is 0 Å². The van der Waals surface area contributed by atoms with Crippen LogP contribution in [-0.4, -0.2) is 6.18 Å². The zero-order chi connectivity index (χ0) is 11.7. The fourth-order valence-electron chi connectivity index (χ4n) is 1.17. The van der Waals surface area contributed by atoms with Crippen LogP contribution in [0.3, 0.4) is 0 Å². The van der Waals surface area contributed by atoms with E-state index in [1.807, 2.05) is 0 Å². The average Bonchev–Trinajstić information content (AvgIpc) is 1.99. The summed E-state index contributed by atoms with van der Waals surface area (Å²) in [5.41, 5.74) is -1.99. The van der Waals surface area contributed by atoms with Gasteiger partial charge in [0.1, 0.15) is 0 Å². The molecule has 6 heteroatoms. The lowest BCUT2D eigenvalue weighted by Gasteiger charge is -2.13. The van der Waals surface area contributed by atoms with E-state index < -0.39 is 29.9 Å². The van der Waals surface area contributed by atoms with E-state index in [-0.39, 0.29) is 0 Å². The van der Waals surface area contributed by atoms with Gasteiger partial charge < -0.3 is 0 Å². The van der Waals surface area contributed by atoms with Gasteiger partial charge >= 0.3 is 12.4 Å². The Morgan fingerprint density at radius 3 is 1.87 bits per heavy atom. The molecule has 0 radical (unpaired) electrons. The average molecular weight is 228 g/mol. The minimum absolute atomic E-state index is 0.640. The van der Waals surface area contributed by atoms with Crippen molar-refractivity contribution in [3.05, 3.63) is 35.4 Å². The summed E-state index contributed by atoms with van der Waals surface area (Å²) < 4.78 is 72.6. The first-order valence-electron chi connectivity index (χ1n) is 3.92. The number of alkyl halides is 6. The predicted octanol–water partition coefficient (Wildman–Crippen LogP) is 3.81. The molecule has 0 aliphatic heterocycles. The van der Waals surface area contributed by atoms with E-state index in [4.69, 9.17) is 0 Å².